The molecule has 2 aromatic rings. The molecule has 0 unspecified atom stereocenters. The lowest BCUT2D eigenvalue weighted by atomic mass is 10.1. The van der Waals surface area contributed by atoms with Crippen LogP contribution >= 0.6 is 0 Å². The molecule has 0 radical (unpaired) electrons. The quantitative estimate of drug-likeness (QED) is 0.851. The summed E-state index contributed by atoms with van der Waals surface area (Å²) in [5.74, 6) is 1.26. The zero-order valence-corrected chi connectivity index (χ0v) is 13.7. The molecule has 4 nitrogen and oxygen atoms in total. The van der Waals surface area contributed by atoms with E-state index in [9.17, 15) is 4.79 Å². The van der Waals surface area contributed by atoms with E-state index in [1.165, 1.54) is 5.56 Å². The Balaban J connectivity index is 1.41. The van der Waals surface area contributed by atoms with Gasteiger partial charge in [-0.2, -0.15) is 0 Å². The highest BCUT2D eigenvalue weighted by atomic mass is 16.3. The fraction of sp³-hybridized carbons (Fsp3) is 0.421. The summed E-state index contributed by atoms with van der Waals surface area (Å²) in [5.41, 5.74) is 1.40. The van der Waals surface area contributed by atoms with Crippen molar-refractivity contribution in [3.63, 3.8) is 0 Å². The first-order chi connectivity index (χ1) is 11.2. The second kappa shape index (κ2) is 7.47. The van der Waals surface area contributed by atoms with E-state index in [2.05, 4.69) is 35.2 Å². The topological polar surface area (TPSA) is 36.7 Å². The van der Waals surface area contributed by atoms with E-state index in [0.29, 0.717) is 5.76 Å². The first kappa shape index (κ1) is 15.8. The Labute approximate surface area is 137 Å². The fourth-order valence-electron chi connectivity index (χ4n) is 3.03. The van der Waals surface area contributed by atoms with Gasteiger partial charge in [0.1, 0.15) is 5.76 Å². The van der Waals surface area contributed by atoms with Crippen LogP contribution in [0.2, 0.25) is 0 Å². The minimum atomic E-state index is 0.0158. The van der Waals surface area contributed by atoms with Gasteiger partial charge in [-0.3, -0.25) is 9.69 Å². The molecule has 0 bridgehead atoms. The standard InChI is InChI=1S/C19H24N2O2/c1-16-9-10-18(23-16)19(22)21-14-12-20(13-15-21)11-5-8-17-6-3-2-4-7-17/h2-4,6-7,9-10H,5,8,11-15H2,1H3. The number of carbonyl (C=O) groups excluding carboxylic acids is 1. The average Bonchev–Trinajstić information content (AvgIpc) is 3.02. The second-order valence-corrected chi connectivity index (χ2v) is 6.13. The van der Waals surface area contributed by atoms with Gasteiger partial charge < -0.3 is 9.32 Å². The molecule has 1 fully saturated rings. The molecule has 1 aromatic heterocycles. The van der Waals surface area contributed by atoms with Crippen LogP contribution in [-0.4, -0.2) is 48.4 Å². The molecule has 3 rings (SSSR count). The summed E-state index contributed by atoms with van der Waals surface area (Å²) in [6.45, 7) is 6.41. The van der Waals surface area contributed by atoms with E-state index in [-0.39, 0.29) is 5.91 Å². The average molecular weight is 312 g/mol. The van der Waals surface area contributed by atoms with Gasteiger partial charge in [-0.25, -0.2) is 0 Å². The van der Waals surface area contributed by atoms with Crippen molar-refractivity contribution in [2.24, 2.45) is 0 Å². The van der Waals surface area contributed by atoms with Gasteiger partial charge in [-0.1, -0.05) is 30.3 Å². The molecule has 1 saturated heterocycles. The van der Waals surface area contributed by atoms with Gasteiger partial charge >= 0.3 is 0 Å². The Morgan fingerprint density at radius 3 is 2.43 bits per heavy atom. The summed E-state index contributed by atoms with van der Waals surface area (Å²) in [4.78, 5) is 16.7. The number of amides is 1. The van der Waals surface area contributed by atoms with Gasteiger partial charge in [-0.15, -0.1) is 0 Å². The van der Waals surface area contributed by atoms with Gasteiger partial charge in [0.2, 0.25) is 0 Å². The maximum absolute atomic E-state index is 12.3. The number of aryl methyl sites for hydroxylation is 2. The summed E-state index contributed by atoms with van der Waals surface area (Å²) >= 11 is 0. The number of carbonyl (C=O) groups is 1. The normalized spacial score (nSPS) is 15.8. The van der Waals surface area contributed by atoms with Crippen LogP contribution in [0.15, 0.2) is 46.9 Å². The van der Waals surface area contributed by atoms with Crippen LogP contribution in [0.4, 0.5) is 0 Å². The molecule has 2 heterocycles. The molecule has 23 heavy (non-hydrogen) atoms. The Morgan fingerprint density at radius 2 is 1.78 bits per heavy atom. The van der Waals surface area contributed by atoms with Crippen molar-refractivity contribution in [2.75, 3.05) is 32.7 Å². The molecule has 0 saturated carbocycles. The van der Waals surface area contributed by atoms with Crippen molar-refractivity contribution in [2.45, 2.75) is 19.8 Å². The fourth-order valence-corrected chi connectivity index (χ4v) is 3.03. The summed E-state index contributed by atoms with van der Waals surface area (Å²) in [6.07, 6.45) is 2.28. The molecule has 4 heteroatoms. The van der Waals surface area contributed by atoms with Crippen molar-refractivity contribution in [1.29, 1.82) is 0 Å². The summed E-state index contributed by atoms with van der Waals surface area (Å²) in [6, 6.07) is 14.2. The van der Waals surface area contributed by atoms with Crippen LogP contribution in [0.3, 0.4) is 0 Å². The number of furan rings is 1. The number of benzene rings is 1. The largest absolute Gasteiger partial charge is 0.456 e. The van der Waals surface area contributed by atoms with Gasteiger partial charge in [0.05, 0.1) is 0 Å². The predicted octanol–water partition coefficient (Wildman–Crippen LogP) is 2.98. The lowest BCUT2D eigenvalue weighted by Crippen LogP contribution is -2.48. The second-order valence-electron chi connectivity index (χ2n) is 6.13. The molecule has 122 valence electrons. The monoisotopic (exact) mass is 312 g/mol. The molecule has 1 aliphatic rings. The third-order valence-corrected chi connectivity index (χ3v) is 4.39. The van der Waals surface area contributed by atoms with Crippen LogP contribution in [0.5, 0.6) is 0 Å². The number of rotatable bonds is 5. The maximum atomic E-state index is 12.3. The summed E-state index contributed by atoms with van der Waals surface area (Å²) < 4.78 is 5.43. The van der Waals surface area contributed by atoms with Crippen molar-refractivity contribution in [3.05, 3.63) is 59.5 Å². The molecule has 0 atom stereocenters. The van der Waals surface area contributed by atoms with E-state index >= 15 is 0 Å². The Kier molecular flexibility index (Phi) is 5.13. The Morgan fingerprint density at radius 1 is 1.04 bits per heavy atom. The molecule has 1 aromatic carbocycles. The van der Waals surface area contributed by atoms with E-state index in [1.807, 2.05) is 17.9 Å². The minimum absolute atomic E-state index is 0.0158. The van der Waals surface area contributed by atoms with Crippen LogP contribution in [0.1, 0.15) is 28.3 Å². The van der Waals surface area contributed by atoms with Crippen LogP contribution < -0.4 is 0 Å². The van der Waals surface area contributed by atoms with Gasteiger partial charge in [0.15, 0.2) is 5.76 Å². The van der Waals surface area contributed by atoms with Crippen LogP contribution in [0, 0.1) is 6.92 Å². The molecule has 0 spiro atoms. The van der Waals surface area contributed by atoms with E-state index in [4.69, 9.17) is 4.42 Å². The molecule has 1 amide bonds. The number of hydrogen-bond acceptors (Lipinski definition) is 3. The molecule has 0 aliphatic carbocycles. The number of nitrogens with zero attached hydrogens (tertiary/aromatic N) is 2. The Hall–Kier alpha value is -2.07. The zero-order valence-electron chi connectivity index (χ0n) is 13.7. The van der Waals surface area contributed by atoms with Gasteiger partial charge in [0.25, 0.3) is 5.91 Å². The zero-order chi connectivity index (χ0) is 16.1. The first-order valence-corrected chi connectivity index (χ1v) is 8.34. The van der Waals surface area contributed by atoms with E-state index in [0.717, 1.165) is 51.3 Å². The SMILES string of the molecule is Cc1ccc(C(=O)N2CCN(CCCc3ccccc3)CC2)o1. The summed E-state index contributed by atoms with van der Waals surface area (Å²) in [7, 11) is 0. The van der Waals surface area contributed by atoms with Gasteiger partial charge in [-0.05, 0) is 44.0 Å². The molecule has 0 N–H and O–H groups in total. The van der Waals surface area contributed by atoms with Crippen molar-refractivity contribution in [1.82, 2.24) is 9.80 Å². The molecule has 1 aliphatic heterocycles. The predicted molar refractivity (Wildman–Crippen MR) is 90.6 cm³/mol. The third kappa shape index (κ3) is 4.23. The first-order valence-electron chi connectivity index (χ1n) is 8.34. The van der Waals surface area contributed by atoms with Crippen molar-refractivity contribution >= 4 is 5.91 Å². The highest BCUT2D eigenvalue weighted by Gasteiger charge is 2.23. The van der Waals surface area contributed by atoms with Crippen LogP contribution in [0.25, 0.3) is 0 Å². The van der Waals surface area contributed by atoms with Crippen LogP contribution in [-0.2, 0) is 6.42 Å². The highest BCUT2D eigenvalue weighted by molar-refractivity contribution is 5.91. The Bertz CT molecular complexity index is 628. The minimum Gasteiger partial charge on any atom is -0.456 e. The van der Waals surface area contributed by atoms with E-state index in [1.54, 1.807) is 6.07 Å². The lowest BCUT2D eigenvalue weighted by molar-refractivity contribution is 0.0604. The smallest absolute Gasteiger partial charge is 0.289 e. The summed E-state index contributed by atoms with van der Waals surface area (Å²) in [5, 5.41) is 0. The third-order valence-electron chi connectivity index (χ3n) is 4.39. The maximum Gasteiger partial charge on any atom is 0.289 e. The number of piperazine rings is 1. The number of hydrogen-bond donors (Lipinski definition) is 0. The highest BCUT2D eigenvalue weighted by Crippen LogP contribution is 2.12. The van der Waals surface area contributed by atoms with Gasteiger partial charge in [0, 0.05) is 26.2 Å². The van der Waals surface area contributed by atoms with E-state index < -0.39 is 0 Å². The van der Waals surface area contributed by atoms with Crippen molar-refractivity contribution in [3.8, 4) is 0 Å². The lowest BCUT2D eigenvalue weighted by Gasteiger charge is -2.34. The van der Waals surface area contributed by atoms with Crippen molar-refractivity contribution < 1.29 is 9.21 Å². The molecular weight excluding hydrogens is 288 g/mol. The molecular formula is C19H24N2O2.